The SMILES string of the molecule is Cl.Cl.NCc1cc(C(=O)NCC2CCN(CC(F)(F)F)C2)co1. The van der Waals surface area contributed by atoms with Crippen LogP contribution in [0.3, 0.4) is 0 Å². The first-order valence-electron chi connectivity index (χ1n) is 6.72. The number of nitrogens with zero attached hydrogens (tertiary/aromatic N) is 1. The first-order chi connectivity index (χ1) is 9.87. The summed E-state index contributed by atoms with van der Waals surface area (Å²) in [7, 11) is 0. The fourth-order valence-corrected chi connectivity index (χ4v) is 2.42. The highest BCUT2D eigenvalue weighted by Gasteiger charge is 2.34. The van der Waals surface area contributed by atoms with Gasteiger partial charge in [-0.1, -0.05) is 0 Å². The summed E-state index contributed by atoms with van der Waals surface area (Å²) >= 11 is 0. The van der Waals surface area contributed by atoms with Crippen molar-refractivity contribution >= 4 is 30.7 Å². The highest BCUT2D eigenvalue weighted by molar-refractivity contribution is 5.93. The molecule has 0 saturated carbocycles. The fourth-order valence-electron chi connectivity index (χ4n) is 2.42. The van der Waals surface area contributed by atoms with Gasteiger partial charge < -0.3 is 15.5 Å². The molecule has 134 valence electrons. The van der Waals surface area contributed by atoms with Crippen molar-refractivity contribution in [2.24, 2.45) is 11.7 Å². The Balaban J connectivity index is 0.00000242. The van der Waals surface area contributed by atoms with Crippen LogP contribution in [-0.2, 0) is 6.54 Å². The van der Waals surface area contributed by atoms with Gasteiger partial charge in [-0.25, -0.2) is 0 Å². The van der Waals surface area contributed by atoms with Gasteiger partial charge in [-0.3, -0.25) is 9.69 Å². The van der Waals surface area contributed by atoms with Gasteiger partial charge in [-0.15, -0.1) is 24.8 Å². The molecule has 1 unspecified atom stereocenters. The Kier molecular flexibility index (Phi) is 8.97. The van der Waals surface area contributed by atoms with E-state index in [1.54, 1.807) is 6.07 Å². The van der Waals surface area contributed by atoms with Gasteiger partial charge in [-0.05, 0) is 24.9 Å². The highest BCUT2D eigenvalue weighted by atomic mass is 35.5. The van der Waals surface area contributed by atoms with Crippen LogP contribution in [0.4, 0.5) is 13.2 Å². The standard InChI is InChI=1S/C13H18F3N3O2.2ClH/c14-13(15,16)8-19-2-1-9(6-19)5-18-12(20)10-3-11(4-17)21-7-10;;/h3,7,9H,1-2,4-6,8,17H2,(H,18,20);2*1H. The van der Waals surface area contributed by atoms with Crippen molar-refractivity contribution in [1.82, 2.24) is 10.2 Å². The van der Waals surface area contributed by atoms with Crippen LogP contribution in [0.1, 0.15) is 22.5 Å². The fraction of sp³-hybridized carbons (Fsp3) is 0.615. The minimum atomic E-state index is -4.17. The highest BCUT2D eigenvalue weighted by Crippen LogP contribution is 2.22. The molecule has 1 saturated heterocycles. The van der Waals surface area contributed by atoms with Crippen LogP contribution in [-0.4, -0.2) is 43.2 Å². The lowest BCUT2D eigenvalue weighted by Gasteiger charge is -2.17. The van der Waals surface area contributed by atoms with Crippen LogP contribution >= 0.6 is 24.8 Å². The van der Waals surface area contributed by atoms with Crippen molar-refractivity contribution in [2.75, 3.05) is 26.2 Å². The van der Waals surface area contributed by atoms with E-state index in [1.807, 2.05) is 0 Å². The van der Waals surface area contributed by atoms with Crippen molar-refractivity contribution in [2.45, 2.75) is 19.1 Å². The summed E-state index contributed by atoms with van der Waals surface area (Å²) < 4.78 is 41.9. The third-order valence-corrected chi connectivity index (χ3v) is 3.44. The summed E-state index contributed by atoms with van der Waals surface area (Å²) in [6, 6.07) is 1.56. The number of halogens is 5. The van der Waals surface area contributed by atoms with Gasteiger partial charge in [0.1, 0.15) is 12.0 Å². The summed E-state index contributed by atoms with van der Waals surface area (Å²) in [6.07, 6.45) is -2.20. The average molecular weight is 378 g/mol. The molecular weight excluding hydrogens is 358 g/mol. The Labute approximate surface area is 144 Å². The molecule has 1 fully saturated rings. The second kappa shape index (κ2) is 9.36. The van der Waals surface area contributed by atoms with E-state index < -0.39 is 12.7 Å². The molecule has 1 amide bonds. The van der Waals surface area contributed by atoms with E-state index in [9.17, 15) is 18.0 Å². The van der Waals surface area contributed by atoms with E-state index in [0.29, 0.717) is 37.4 Å². The number of likely N-dealkylation sites (tertiary alicyclic amines) is 1. The van der Waals surface area contributed by atoms with Crippen LogP contribution in [0.5, 0.6) is 0 Å². The number of hydrogen-bond donors (Lipinski definition) is 2. The van der Waals surface area contributed by atoms with E-state index in [1.165, 1.54) is 11.2 Å². The number of rotatable bonds is 5. The Morgan fingerprint density at radius 1 is 1.43 bits per heavy atom. The number of alkyl halides is 3. The molecule has 23 heavy (non-hydrogen) atoms. The minimum absolute atomic E-state index is 0. The van der Waals surface area contributed by atoms with E-state index in [2.05, 4.69) is 5.32 Å². The second-order valence-electron chi connectivity index (χ2n) is 5.22. The lowest BCUT2D eigenvalue weighted by molar-refractivity contribution is -0.143. The number of nitrogens with two attached hydrogens (primary N) is 1. The molecule has 3 N–H and O–H groups in total. The van der Waals surface area contributed by atoms with E-state index >= 15 is 0 Å². The largest absolute Gasteiger partial charge is 0.467 e. The normalized spacial score (nSPS) is 18.2. The Bertz CT molecular complexity index is 497. The van der Waals surface area contributed by atoms with E-state index in [0.717, 1.165) is 0 Å². The molecule has 5 nitrogen and oxygen atoms in total. The lowest BCUT2D eigenvalue weighted by atomic mass is 10.1. The maximum atomic E-state index is 12.3. The number of furan rings is 1. The molecular formula is C13H20Cl2F3N3O2. The zero-order valence-electron chi connectivity index (χ0n) is 12.3. The summed E-state index contributed by atoms with van der Waals surface area (Å²) in [5.74, 6) is 0.252. The van der Waals surface area contributed by atoms with Crippen LogP contribution in [0.15, 0.2) is 16.7 Å². The second-order valence-corrected chi connectivity index (χ2v) is 5.22. The van der Waals surface area contributed by atoms with Crippen molar-refractivity contribution in [3.63, 3.8) is 0 Å². The van der Waals surface area contributed by atoms with Crippen LogP contribution in [0, 0.1) is 5.92 Å². The van der Waals surface area contributed by atoms with Crippen molar-refractivity contribution in [3.05, 3.63) is 23.7 Å². The molecule has 10 heteroatoms. The van der Waals surface area contributed by atoms with E-state index in [4.69, 9.17) is 10.2 Å². The van der Waals surface area contributed by atoms with Gasteiger partial charge in [-0.2, -0.15) is 13.2 Å². The minimum Gasteiger partial charge on any atom is -0.467 e. The zero-order valence-corrected chi connectivity index (χ0v) is 13.9. The van der Waals surface area contributed by atoms with E-state index in [-0.39, 0.29) is 43.2 Å². The van der Waals surface area contributed by atoms with Gasteiger partial charge in [0, 0.05) is 13.1 Å². The lowest BCUT2D eigenvalue weighted by Crippen LogP contribution is -2.34. The Hall–Kier alpha value is -0.960. The third kappa shape index (κ3) is 6.99. The van der Waals surface area contributed by atoms with Crippen LogP contribution in [0.25, 0.3) is 0 Å². The molecule has 0 bridgehead atoms. The number of carbonyl (C=O) groups is 1. The Morgan fingerprint density at radius 2 is 2.13 bits per heavy atom. The molecule has 1 atom stereocenters. The van der Waals surface area contributed by atoms with Gasteiger partial charge in [0.2, 0.25) is 0 Å². The average Bonchev–Trinajstić information content (AvgIpc) is 3.02. The van der Waals surface area contributed by atoms with Crippen molar-refractivity contribution < 1.29 is 22.4 Å². The number of hydrogen-bond acceptors (Lipinski definition) is 4. The predicted octanol–water partition coefficient (Wildman–Crippen LogP) is 2.20. The first-order valence-corrected chi connectivity index (χ1v) is 6.72. The summed E-state index contributed by atoms with van der Waals surface area (Å²) in [4.78, 5) is 13.2. The number of carbonyl (C=O) groups excluding carboxylic acids is 1. The third-order valence-electron chi connectivity index (χ3n) is 3.44. The molecule has 1 aliphatic heterocycles. The van der Waals surface area contributed by atoms with Crippen LogP contribution < -0.4 is 11.1 Å². The zero-order chi connectivity index (χ0) is 15.5. The molecule has 1 aliphatic rings. The van der Waals surface area contributed by atoms with Gasteiger partial charge >= 0.3 is 6.18 Å². The summed E-state index contributed by atoms with van der Waals surface area (Å²) in [5.41, 5.74) is 5.76. The quantitative estimate of drug-likeness (QED) is 0.824. The van der Waals surface area contributed by atoms with Crippen LogP contribution in [0.2, 0.25) is 0 Å². The van der Waals surface area contributed by atoms with Gasteiger partial charge in [0.25, 0.3) is 5.91 Å². The predicted molar refractivity (Wildman–Crippen MR) is 84.0 cm³/mol. The topological polar surface area (TPSA) is 71.5 Å². The number of amides is 1. The molecule has 1 aromatic heterocycles. The smallest absolute Gasteiger partial charge is 0.401 e. The monoisotopic (exact) mass is 377 g/mol. The molecule has 0 radical (unpaired) electrons. The molecule has 1 aromatic rings. The molecule has 2 rings (SSSR count). The van der Waals surface area contributed by atoms with Gasteiger partial charge in [0.15, 0.2) is 0 Å². The molecule has 0 aliphatic carbocycles. The summed E-state index contributed by atoms with van der Waals surface area (Å²) in [5, 5.41) is 2.71. The molecule has 2 heterocycles. The molecule has 0 aromatic carbocycles. The van der Waals surface area contributed by atoms with Crippen molar-refractivity contribution in [1.29, 1.82) is 0 Å². The summed E-state index contributed by atoms with van der Waals surface area (Å²) in [6.45, 7) is 0.431. The van der Waals surface area contributed by atoms with Gasteiger partial charge in [0.05, 0.1) is 18.7 Å². The molecule has 0 spiro atoms. The Morgan fingerprint density at radius 3 is 2.70 bits per heavy atom. The maximum Gasteiger partial charge on any atom is 0.401 e. The maximum absolute atomic E-state index is 12.3. The number of nitrogens with one attached hydrogen (secondary N) is 1. The van der Waals surface area contributed by atoms with Crippen molar-refractivity contribution in [3.8, 4) is 0 Å². The first kappa shape index (κ1) is 22.0.